The van der Waals surface area contributed by atoms with Gasteiger partial charge in [-0.15, -0.1) is 0 Å². The van der Waals surface area contributed by atoms with E-state index in [1.807, 2.05) is 13.8 Å². The molecule has 172 valence electrons. The van der Waals surface area contributed by atoms with Crippen molar-refractivity contribution in [2.75, 3.05) is 26.1 Å². The number of ether oxygens (including phenoxy) is 3. The number of nitrogens with one attached hydrogen (secondary N) is 2. The van der Waals surface area contributed by atoms with E-state index in [2.05, 4.69) is 30.1 Å². The number of nitrogens with zero attached hydrogens (tertiary/aromatic N) is 4. The maximum absolute atomic E-state index is 12.6. The lowest BCUT2D eigenvalue weighted by molar-refractivity contribution is 0.0525. The van der Waals surface area contributed by atoms with E-state index in [1.165, 1.54) is 31.2 Å². The maximum Gasteiger partial charge on any atom is 0.413 e. The Labute approximate surface area is 183 Å². The van der Waals surface area contributed by atoms with Crippen molar-refractivity contribution >= 4 is 29.0 Å². The van der Waals surface area contributed by atoms with Crippen LogP contribution in [0, 0.1) is 6.92 Å². The molecule has 0 aliphatic rings. The molecule has 12 heteroatoms. The van der Waals surface area contributed by atoms with Crippen LogP contribution in [0.3, 0.4) is 0 Å². The topological polar surface area (TPSA) is 150 Å². The second-order valence-electron chi connectivity index (χ2n) is 6.06. The first-order valence-corrected chi connectivity index (χ1v) is 9.90. The van der Waals surface area contributed by atoms with Gasteiger partial charge in [0.1, 0.15) is 17.0 Å². The number of carbonyl (C=O) groups excluding carboxylic acids is 2. The molecule has 32 heavy (non-hydrogen) atoms. The molecule has 0 saturated carbocycles. The van der Waals surface area contributed by atoms with Crippen molar-refractivity contribution in [2.24, 2.45) is 0 Å². The SMILES string of the molecule is CC.CCOC(=O)c1cnc(Cn2nc(C)c3nc(NC(=O)OC)[nH]c(=O)c32)c(OC)c1. The molecule has 0 fully saturated rings. The highest BCUT2D eigenvalue weighted by molar-refractivity contribution is 5.89. The summed E-state index contributed by atoms with van der Waals surface area (Å²) in [4.78, 5) is 46.8. The number of esters is 1. The van der Waals surface area contributed by atoms with E-state index in [-0.39, 0.29) is 30.2 Å². The Hall–Kier alpha value is -3.96. The van der Waals surface area contributed by atoms with E-state index in [0.29, 0.717) is 22.7 Å². The van der Waals surface area contributed by atoms with Gasteiger partial charge in [-0.2, -0.15) is 5.10 Å². The lowest BCUT2D eigenvalue weighted by Gasteiger charge is -2.10. The number of methoxy groups -OCH3 is 2. The summed E-state index contributed by atoms with van der Waals surface area (Å²) in [6.45, 7) is 7.72. The van der Waals surface area contributed by atoms with Gasteiger partial charge in [-0.25, -0.2) is 14.6 Å². The molecule has 0 unspecified atom stereocenters. The zero-order valence-electron chi connectivity index (χ0n) is 18.8. The largest absolute Gasteiger partial charge is 0.495 e. The lowest BCUT2D eigenvalue weighted by atomic mass is 10.2. The molecule has 0 aromatic carbocycles. The fourth-order valence-electron chi connectivity index (χ4n) is 2.79. The van der Waals surface area contributed by atoms with Gasteiger partial charge < -0.3 is 14.2 Å². The van der Waals surface area contributed by atoms with Crippen molar-refractivity contribution in [1.82, 2.24) is 24.7 Å². The highest BCUT2D eigenvalue weighted by Crippen LogP contribution is 2.21. The highest BCUT2D eigenvalue weighted by Gasteiger charge is 2.18. The first kappa shape index (κ1) is 24.3. The van der Waals surface area contributed by atoms with Crippen LogP contribution in [0.25, 0.3) is 11.0 Å². The summed E-state index contributed by atoms with van der Waals surface area (Å²) in [5.74, 6) is -0.228. The van der Waals surface area contributed by atoms with Crippen molar-refractivity contribution < 1.29 is 23.8 Å². The zero-order chi connectivity index (χ0) is 23.8. The van der Waals surface area contributed by atoms with Crippen LogP contribution < -0.4 is 15.6 Å². The molecule has 3 heterocycles. The molecule has 0 spiro atoms. The van der Waals surface area contributed by atoms with Gasteiger partial charge in [-0.3, -0.25) is 24.8 Å². The Morgan fingerprint density at radius 1 is 1.25 bits per heavy atom. The van der Waals surface area contributed by atoms with E-state index in [1.54, 1.807) is 13.8 Å². The molecular formula is C20H26N6O6. The van der Waals surface area contributed by atoms with Crippen LogP contribution in [-0.4, -0.2) is 57.6 Å². The summed E-state index contributed by atoms with van der Waals surface area (Å²) < 4.78 is 16.2. The molecule has 0 saturated heterocycles. The third-order valence-electron chi connectivity index (χ3n) is 4.13. The van der Waals surface area contributed by atoms with E-state index >= 15 is 0 Å². The zero-order valence-corrected chi connectivity index (χ0v) is 18.8. The van der Waals surface area contributed by atoms with Gasteiger partial charge in [0, 0.05) is 6.20 Å². The van der Waals surface area contributed by atoms with Crippen molar-refractivity contribution in [3.05, 3.63) is 39.6 Å². The monoisotopic (exact) mass is 446 g/mol. The van der Waals surface area contributed by atoms with E-state index in [0.717, 1.165) is 0 Å². The Kier molecular flexibility index (Phi) is 8.27. The number of aromatic amines is 1. The number of aromatic nitrogens is 5. The van der Waals surface area contributed by atoms with Crippen LogP contribution in [0.2, 0.25) is 0 Å². The van der Waals surface area contributed by atoms with Gasteiger partial charge in [0.25, 0.3) is 5.56 Å². The Bertz CT molecular complexity index is 1170. The Morgan fingerprint density at radius 2 is 1.97 bits per heavy atom. The van der Waals surface area contributed by atoms with Crippen molar-refractivity contribution in [3.63, 3.8) is 0 Å². The summed E-state index contributed by atoms with van der Waals surface area (Å²) in [6, 6.07) is 1.51. The molecule has 3 aromatic rings. The quantitative estimate of drug-likeness (QED) is 0.543. The summed E-state index contributed by atoms with van der Waals surface area (Å²) in [5.41, 5.74) is 1.18. The Balaban J connectivity index is 0.00000176. The third-order valence-corrected chi connectivity index (χ3v) is 4.13. The number of H-pyrrole nitrogens is 1. The average Bonchev–Trinajstić information content (AvgIpc) is 3.10. The molecule has 0 aliphatic heterocycles. The van der Waals surface area contributed by atoms with E-state index in [4.69, 9.17) is 9.47 Å². The molecule has 12 nitrogen and oxygen atoms in total. The van der Waals surface area contributed by atoms with Crippen molar-refractivity contribution in [3.8, 4) is 5.75 Å². The van der Waals surface area contributed by atoms with E-state index < -0.39 is 17.6 Å². The summed E-state index contributed by atoms with van der Waals surface area (Å²) in [7, 11) is 2.64. The van der Waals surface area contributed by atoms with Gasteiger partial charge in [0.05, 0.1) is 38.6 Å². The standard InChI is InChI=1S/C18H20N6O6.C2H6/c1-5-30-16(26)10-6-12(28-3)11(19-7-10)8-24-14-13(9(2)23-24)20-17(21-15(14)25)22-18(27)29-4;1-2/h6-7H,5,8H2,1-4H3,(H2,20,21,22,25,27);1-2H3. The minimum absolute atomic E-state index is 0.0588. The number of aryl methyl sites for hydroxylation is 1. The molecule has 0 aliphatic carbocycles. The molecule has 3 rings (SSSR count). The summed E-state index contributed by atoms with van der Waals surface area (Å²) >= 11 is 0. The minimum Gasteiger partial charge on any atom is -0.495 e. The molecule has 2 N–H and O–H groups in total. The second-order valence-corrected chi connectivity index (χ2v) is 6.06. The lowest BCUT2D eigenvalue weighted by Crippen LogP contribution is -2.20. The molecule has 0 radical (unpaired) electrons. The van der Waals surface area contributed by atoms with Crippen LogP contribution >= 0.6 is 0 Å². The molecular weight excluding hydrogens is 420 g/mol. The van der Waals surface area contributed by atoms with Crippen LogP contribution in [0.15, 0.2) is 17.1 Å². The van der Waals surface area contributed by atoms with Gasteiger partial charge in [-0.1, -0.05) is 13.8 Å². The minimum atomic E-state index is -0.766. The first-order chi connectivity index (χ1) is 15.4. The first-order valence-electron chi connectivity index (χ1n) is 9.90. The van der Waals surface area contributed by atoms with Gasteiger partial charge in [-0.05, 0) is 19.9 Å². The van der Waals surface area contributed by atoms with Crippen molar-refractivity contribution in [2.45, 2.75) is 34.2 Å². The normalized spacial score (nSPS) is 10.2. The van der Waals surface area contributed by atoms with Crippen molar-refractivity contribution in [1.29, 1.82) is 0 Å². The number of carbonyl (C=O) groups is 2. The molecule has 3 aromatic heterocycles. The fraction of sp³-hybridized carbons (Fsp3) is 0.400. The van der Waals surface area contributed by atoms with Gasteiger partial charge in [0.15, 0.2) is 5.52 Å². The number of anilines is 1. The maximum atomic E-state index is 12.6. The summed E-state index contributed by atoms with van der Waals surface area (Å²) in [6.07, 6.45) is 0.605. The van der Waals surface area contributed by atoms with Crippen LogP contribution in [0.5, 0.6) is 5.75 Å². The third kappa shape index (κ3) is 5.20. The van der Waals surface area contributed by atoms with E-state index in [9.17, 15) is 14.4 Å². The molecule has 1 amide bonds. The number of rotatable bonds is 6. The van der Waals surface area contributed by atoms with Gasteiger partial charge >= 0.3 is 12.1 Å². The number of pyridine rings is 1. The second kappa shape index (κ2) is 10.9. The molecule has 0 atom stereocenters. The van der Waals surface area contributed by atoms with Crippen LogP contribution in [-0.2, 0) is 16.0 Å². The van der Waals surface area contributed by atoms with Gasteiger partial charge in [0.2, 0.25) is 5.95 Å². The predicted octanol–water partition coefficient (Wildman–Crippen LogP) is 2.26. The average molecular weight is 446 g/mol. The number of hydrogen-bond acceptors (Lipinski definition) is 9. The fourth-order valence-corrected chi connectivity index (χ4v) is 2.79. The van der Waals surface area contributed by atoms with Crippen LogP contribution in [0.4, 0.5) is 10.7 Å². The van der Waals surface area contributed by atoms with Crippen LogP contribution in [0.1, 0.15) is 42.5 Å². The smallest absolute Gasteiger partial charge is 0.413 e. The summed E-state index contributed by atoms with van der Waals surface area (Å²) in [5, 5.41) is 6.67. The Morgan fingerprint density at radius 3 is 2.59 bits per heavy atom. The number of hydrogen-bond donors (Lipinski definition) is 2. The predicted molar refractivity (Wildman–Crippen MR) is 116 cm³/mol. The number of amides is 1. The number of fused-ring (bicyclic) bond motifs is 1. The highest BCUT2D eigenvalue weighted by atomic mass is 16.5. The molecule has 0 bridgehead atoms.